The van der Waals surface area contributed by atoms with Crippen LogP contribution in [0.2, 0.25) is 0 Å². The lowest BCUT2D eigenvalue weighted by molar-refractivity contribution is -0.155. The Morgan fingerprint density at radius 3 is 1.25 bits per heavy atom. The van der Waals surface area contributed by atoms with E-state index in [0.29, 0.717) is 18.7 Å². The SMILES string of the molecule is CCOC(=O)c1cc(OCCCC(=O)OC(C)(C)C)cc(C(=O)OCC)n1.CCOC(=O)c1cc(OCCN)cc(C(=O)OCC)n1.Cl. The fraction of sp³-hybridized carbons (Fsp3) is 0.531. The number of carbonyl (C=O) groups excluding carboxylic acids is 5. The quantitative estimate of drug-likeness (QED) is 0.149. The van der Waals surface area contributed by atoms with Gasteiger partial charge >= 0.3 is 29.8 Å². The van der Waals surface area contributed by atoms with Crippen LogP contribution in [0, 0.1) is 0 Å². The highest BCUT2D eigenvalue weighted by molar-refractivity contribution is 5.93. The molecule has 2 rings (SSSR count). The van der Waals surface area contributed by atoms with Gasteiger partial charge in [0.1, 0.15) is 23.7 Å². The van der Waals surface area contributed by atoms with Crippen LogP contribution in [0.5, 0.6) is 11.5 Å². The fourth-order valence-corrected chi connectivity index (χ4v) is 3.39. The van der Waals surface area contributed by atoms with Gasteiger partial charge in [-0.25, -0.2) is 29.1 Å². The average molecular weight is 700 g/mol. The second-order valence-corrected chi connectivity index (χ2v) is 10.2. The van der Waals surface area contributed by atoms with Gasteiger partial charge in [0.25, 0.3) is 0 Å². The minimum Gasteiger partial charge on any atom is -0.493 e. The Labute approximate surface area is 286 Å². The molecule has 0 aromatic carbocycles. The third-order valence-corrected chi connectivity index (χ3v) is 5.14. The summed E-state index contributed by atoms with van der Waals surface area (Å²) in [5, 5.41) is 0. The molecule has 0 aliphatic heterocycles. The summed E-state index contributed by atoms with van der Waals surface area (Å²) in [5.41, 5.74) is 4.69. The van der Waals surface area contributed by atoms with Crippen LogP contribution >= 0.6 is 12.4 Å². The van der Waals surface area contributed by atoms with Gasteiger partial charge in [0, 0.05) is 37.2 Å². The van der Waals surface area contributed by atoms with Gasteiger partial charge in [-0.15, -0.1) is 12.4 Å². The van der Waals surface area contributed by atoms with Crippen LogP contribution in [-0.4, -0.2) is 91.6 Å². The molecule has 0 atom stereocenters. The molecule has 0 bridgehead atoms. The number of hydrogen-bond acceptors (Lipinski definition) is 15. The molecule has 2 N–H and O–H groups in total. The Hall–Kier alpha value is -4.50. The van der Waals surface area contributed by atoms with Crippen LogP contribution in [0.1, 0.15) is 103 Å². The third-order valence-electron chi connectivity index (χ3n) is 5.14. The third kappa shape index (κ3) is 16.9. The maximum absolute atomic E-state index is 11.9. The summed E-state index contributed by atoms with van der Waals surface area (Å²) in [4.78, 5) is 66.8. The van der Waals surface area contributed by atoms with E-state index in [4.69, 9.17) is 38.9 Å². The summed E-state index contributed by atoms with van der Waals surface area (Å²) in [5.74, 6) is -2.32. The molecule has 0 unspecified atom stereocenters. The number of hydrogen-bond donors (Lipinski definition) is 1. The largest absolute Gasteiger partial charge is 0.493 e. The zero-order valence-corrected chi connectivity index (χ0v) is 29.3. The summed E-state index contributed by atoms with van der Waals surface area (Å²) in [7, 11) is 0. The molecule has 0 fully saturated rings. The molecule has 0 amide bonds. The number of pyridine rings is 2. The lowest BCUT2D eigenvalue weighted by Crippen LogP contribution is -2.24. The highest BCUT2D eigenvalue weighted by Crippen LogP contribution is 2.18. The number of carbonyl (C=O) groups is 5. The van der Waals surface area contributed by atoms with E-state index >= 15 is 0 Å². The van der Waals surface area contributed by atoms with E-state index in [1.54, 1.807) is 48.5 Å². The minimum absolute atomic E-state index is 0. The first kappa shape index (κ1) is 43.5. The molecule has 0 aliphatic rings. The van der Waals surface area contributed by atoms with E-state index in [2.05, 4.69) is 9.97 Å². The monoisotopic (exact) mass is 699 g/mol. The maximum Gasteiger partial charge on any atom is 0.357 e. The summed E-state index contributed by atoms with van der Waals surface area (Å²) in [6.07, 6.45) is 0.610. The highest BCUT2D eigenvalue weighted by atomic mass is 35.5. The van der Waals surface area contributed by atoms with Gasteiger partial charge in [-0.3, -0.25) is 4.79 Å². The molecule has 0 radical (unpaired) electrons. The first-order chi connectivity index (χ1) is 22.3. The van der Waals surface area contributed by atoms with Gasteiger partial charge in [-0.1, -0.05) is 0 Å². The van der Waals surface area contributed by atoms with Gasteiger partial charge in [0.2, 0.25) is 0 Å². The Bertz CT molecular complexity index is 1280. The molecular weight excluding hydrogens is 654 g/mol. The minimum atomic E-state index is -0.665. The Kier molecular flexibility index (Phi) is 20.8. The molecule has 268 valence electrons. The lowest BCUT2D eigenvalue weighted by atomic mass is 10.2. The van der Waals surface area contributed by atoms with Crippen molar-refractivity contribution in [2.24, 2.45) is 5.73 Å². The van der Waals surface area contributed by atoms with Crippen molar-refractivity contribution in [2.75, 3.05) is 46.2 Å². The molecule has 0 spiro atoms. The van der Waals surface area contributed by atoms with Crippen molar-refractivity contribution in [3.05, 3.63) is 47.0 Å². The number of nitrogens with zero attached hydrogens (tertiary/aromatic N) is 2. The number of esters is 5. The van der Waals surface area contributed by atoms with Crippen molar-refractivity contribution in [3.63, 3.8) is 0 Å². The summed E-state index contributed by atoms with van der Waals surface area (Å²) in [6, 6.07) is 5.56. The molecule has 0 aliphatic carbocycles. The number of halogens is 1. The number of aromatic nitrogens is 2. The molecule has 16 heteroatoms. The van der Waals surface area contributed by atoms with E-state index in [-0.39, 0.29) is 93.0 Å². The van der Waals surface area contributed by atoms with Gasteiger partial charge in [-0.2, -0.15) is 0 Å². The first-order valence-corrected chi connectivity index (χ1v) is 15.2. The molecule has 0 saturated heterocycles. The van der Waals surface area contributed by atoms with Crippen molar-refractivity contribution >= 4 is 42.3 Å². The topological polar surface area (TPSA) is 202 Å². The van der Waals surface area contributed by atoms with Crippen molar-refractivity contribution in [2.45, 2.75) is 66.9 Å². The maximum atomic E-state index is 11.9. The number of rotatable bonds is 16. The standard InChI is InChI=1S/C19H27NO7.C13H18N2O5.ClH/c1-6-24-17(22)14-11-13(12-15(20-14)18(23)25-7-2)26-10-8-9-16(21)27-19(3,4)5;1-3-18-12(16)10-7-9(20-6-5-14)8-11(15-10)13(17)19-4-2;/h11-12H,6-10H2,1-5H3;7-8H,3-6,14H2,1-2H3;1H. The van der Waals surface area contributed by atoms with E-state index < -0.39 is 29.5 Å². The van der Waals surface area contributed by atoms with Crippen LogP contribution < -0.4 is 15.2 Å². The van der Waals surface area contributed by atoms with E-state index in [1.807, 2.05) is 0 Å². The predicted molar refractivity (Wildman–Crippen MR) is 175 cm³/mol. The summed E-state index contributed by atoms with van der Waals surface area (Å²) < 4.78 is 35.6. The smallest absolute Gasteiger partial charge is 0.357 e. The molecule has 2 heterocycles. The second kappa shape index (κ2) is 22.9. The molecule has 15 nitrogen and oxygen atoms in total. The van der Waals surface area contributed by atoms with Crippen LogP contribution in [0.4, 0.5) is 0 Å². The van der Waals surface area contributed by atoms with E-state index in [1.165, 1.54) is 24.3 Å². The summed E-state index contributed by atoms with van der Waals surface area (Å²) in [6.45, 7) is 13.6. The Morgan fingerprint density at radius 2 is 0.958 bits per heavy atom. The lowest BCUT2D eigenvalue weighted by Gasteiger charge is -2.19. The molecule has 2 aromatic rings. The molecule has 48 heavy (non-hydrogen) atoms. The zero-order chi connectivity index (χ0) is 35.4. The van der Waals surface area contributed by atoms with Gasteiger partial charge in [0.15, 0.2) is 22.8 Å². The van der Waals surface area contributed by atoms with Crippen molar-refractivity contribution in [1.82, 2.24) is 9.97 Å². The van der Waals surface area contributed by atoms with Gasteiger partial charge < -0.3 is 38.9 Å². The Morgan fingerprint density at radius 1 is 0.625 bits per heavy atom. The number of nitrogens with two attached hydrogens (primary N) is 1. The average Bonchev–Trinajstić information content (AvgIpc) is 3.01. The van der Waals surface area contributed by atoms with E-state index in [0.717, 1.165) is 0 Å². The Balaban J connectivity index is 0.000000940. The molecular formula is C32H46ClN3O12. The zero-order valence-electron chi connectivity index (χ0n) is 28.5. The van der Waals surface area contributed by atoms with Gasteiger partial charge in [-0.05, 0) is 54.9 Å². The summed E-state index contributed by atoms with van der Waals surface area (Å²) >= 11 is 0. The predicted octanol–water partition coefficient (Wildman–Crippen LogP) is 4.13. The second-order valence-electron chi connectivity index (χ2n) is 10.2. The van der Waals surface area contributed by atoms with Crippen LogP contribution in [0.15, 0.2) is 24.3 Å². The van der Waals surface area contributed by atoms with Crippen molar-refractivity contribution in [1.29, 1.82) is 0 Å². The first-order valence-electron chi connectivity index (χ1n) is 15.2. The highest BCUT2D eigenvalue weighted by Gasteiger charge is 2.19. The van der Waals surface area contributed by atoms with Crippen molar-refractivity contribution in [3.8, 4) is 11.5 Å². The fourth-order valence-electron chi connectivity index (χ4n) is 3.39. The molecule has 2 aromatic heterocycles. The number of ether oxygens (including phenoxy) is 7. The normalized spacial score (nSPS) is 10.2. The van der Waals surface area contributed by atoms with Crippen LogP contribution in [0.3, 0.4) is 0 Å². The van der Waals surface area contributed by atoms with Gasteiger partial charge in [0.05, 0.1) is 33.0 Å². The van der Waals surface area contributed by atoms with Crippen LogP contribution in [-0.2, 0) is 28.5 Å². The van der Waals surface area contributed by atoms with E-state index in [9.17, 15) is 24.0 Å². The van der Waals surface area contributed by atoms with Crippen LogP contribution in [0.25, 0.3) is 0 Å². The van der Waals surface area contributed by atoms with Crippen molar-refractivity contribution < 1.29 is 57.1 Å². The molecule has 0 saturated carbocycles.